The lowest BCUT2D eigenvalue weighted by atomic mass is 10.1. The van der Waals surface area contributed by atoms with Crippen LogP contribution in [0.15, 0.2) is 59.2 Å². The van der Waals surface area contributed by atoms with Crippen molar-refractivity contribution in [2.75, 3.05) is 12.0 Å². The minimum Gasteiger partial charge on any atom is -0.488 e. The summed E-state index contributed by atoms with van der Waals surface area (Å²) >= 11 is 0. The fourth-order valence-corrected chi connectivity index (χ4v) is 2.39. The summed E-state index contributed by atoms with van der Waals surface area (Å²) in [5, 5.41) is 4.22. The Morgan fingerprint density at radius 1 is 1.14 bits per heavy atom. The van der Waals surface area contributed by atoms with Crippen LogP contribution in [0.2, 0.25) is 0 Å². The standard InChI is InChI=1S/C17H14N4O/c1-4-8-16-13(5-1)9-12(11-22-16)10-18-21-17-19-14-6-2-3-7-15(14)20-17/h1-10H,11H2,(H2,19,20,21)/b18-10+. The fourth-order valence-electron chi connectivity index (χ4n) is 2.39. The van der Waals surface area contributed by atoms with E-state index in [0.29, 0.717) is 12.6 Å². The van der Waals surface area contributed by atoms with Crippen LogP contribution in [0.25, 0.3) is 17.1 Å². The predicted molar refractivity (Wildman–Crippen MR) is 88.1 cm³/mol. The summed E-state index contributed by atoms with van der Waals surface area (Å²) in [7, 11) is 0. The molecule has 1 aromatic heterocycles. The van der Waals surface area contributed by atoms with Crippen molar-refractivity contribution in [3.05, 3.63) is 59.7 Å². The molecule has 1 aliphatic rings. The van der Waals surface area contributed by atoms with E-state index in [1.54, 1.807) is 6.21 Å². The number of hydrogen-bond acceptors (Lipinski definition) is 4. The molecule has 0 bridgehead atoms. The lowest BCUT2D eigenvalue weighted by Crippen LogP contribution is -2.08. The molecule has 0 saturated carbocycles. The van der Waals surface area contributed by atoms with Crippen LogP contribution in [0.3, 0.4) is 0 Å². The maximum Gasteiger partial charge on any atom is 0.222 e. The average Bonchev–Trinajstić information content (AvgIpc) is 2.97. The Bertz CT molecular complexity index is 846. The number of H-pyrrole nitrogens is 1. The lowest BCUT2D eigenvalue weighted by Gasteiger charge is -2.15. The van der Waals surface area contributed by atoms with Crippen LogP contribution in [-0.2, 0) is 0 Å². The van der Waals surface area contributed by atoms with Gasteiger partial charge >= 0.3 is 0 Å². The van der Waals surface area contributed by atoms with E-state index in [1.165, 1.54) is 0 Å². The van der Waals surface area contributed by atoms with Gasteiger partial charge in [0.05, 0.1) is 17.2 Å². The smallest absolute Gasteiger partial charge is 0.222 e. The van der Waals surface area contributed by atoms with Crippen molar-refractivity contribution in [3.63, 3.8) is 0 Å². The second kappa shape index (κ2) is 5.37. The molecule has 0 unspecified atom stereocenters. The van der Waals surface area contributed by atoms with Gasteiger partial charge in [-0.25, -0.2) is 10.4 Å². The summed E-state index contributed by atoms with van der Waals surface area (Å²) in [4.78, 5) is 7.56. The van der Waals surface area contributed by atoms with E-state index in [2.05, 4.69) is 26.6 Å². The first kappa shape index (κ1) is 12.6. The van der Waals surface area contributed by atoms with E-state index < -0.39 is 0 Å². The lowest BCUT2D eigenvalue weighted by molar-refractivity contribution is 0.353. The number of ether oxygens (including phenoxy) is 1. The Hall–Kier alpha value is -3.08. The second-order valence-corrected chi connectivity index (χ2v) is 5.02. The quantitative estimate of drug-likeness (QED) is 0.574. The van der Waals surface area contributed by atoms with Crippen molar-refractivity contribution in [1.82, 2.24) is 9.97 Å². The maximum atomic E-state index is 5.68. The van der Waals surface area contributed by atoms with E-state index >= 15 is 0 Å². The molecule has 108 valence electrons. The minimum atomic E-state index is 0.516. The molecule has 0 spiro atoms. The van der Waals surface area contributed by atoms with Gasteiger partial charge in [0, 0.05) is 11.1 Å². The predicted octanol–water partition coefficient (Wildman–Crippen LogP) is 3.44. The Kier molecular flexibility index (Phi) is 3.08. The van der Waals surface area contributed by atoms with Gasteiger partial charge in [0.15, 0.2) is 0 Å². The second-order valence-electron chi connectivity index (χ2n) is 5.02. The Labute approximate surface area is 127 Å². The molecule has 5 heteroatoms. The van der Waals surface area contributed by atoms with Crippen LogP contribution < -0.4 is 10.2 Å². The van der Waals surface area contributed by atoms with E-state index in [1.807, 2.05) is 48.5 Å². The number of hydrogen-bond donors (Lipinski definition) is 2. The molecule has 0 saturated heterocycles. The number of aromatic amines is 1. The molecule has 22 heavy (non-hydrogen) atoms. The summed E-state index contributed by atoms with van der Waals surface area (Å²) in [6.07, 6.45) is 3.83. The molecular formula is C17H14N4O. The Morgan fingerprint density at radius 2 is 2.00 bits per heavy atom. The Morgan fingerprint density at radius 3 is 2.95 bits per heavy atom. The van der Waals surface area contributed by atoms with E-state index in [9.17, 15) is 0 Å². The van der Waals surface area contributed by atoms with Gasteiger partial charge < -0.3 is 9.72 Å². The first-order chi connectivity index (χ1) is 10.9. The van der Waals surface area contributed by atoms with Crippen molar-refractivity contribution >= 4 is 29.3 Å². The number of imidazole rings is 1. The van der Waals surface area contributed by atoms with Crippen molar-refractivity contribution in [3.8, 4) is 5.75 Å². The summed E-state index contributed by atoms with van der Waals surface area (Å²) < 4.78 is 5.68. The van der Waals surface area contributed by atoms with Crippen molar-refractivity contribution < 1.29 is 4.74 Å². The molecule has 5 nitrogen and oxygen atoms in total. The third kappa shape index (κ3) is 2.44. The van der Waals surface area contributed by atoms with Crippen LogP contribution in [0.5, 0.6) is 5.75 Å². The van der Waals surface area contributed by atoms with Crippen LogP contribution in [0.1, 0.15) is 5.56 Å². The molecule has 2 N–H and O–H groups in total. The highest BCUT2D eigenvalue weighted by Crippen LogP contribution is 2.24. The highest BCUT2D eigenvalue weighted by molar-refractivity contribution is 5.88. The Balaban J connectivity index is 1.50. The zero-order valence-electron chi connectivity index (χ0n) is 11.8. The zero-order chi connectivity index (χ0) is 14.8. The summed E-state index contributed by atoms with van der Waals surface area (Å²) in [6, 6.07) is 15.8. The molecule has 2 aromatic carbocycles. The van der Waals surface area contributed by atoms with Crippen LogP contribution in [-0.4, -0.2) is 22.8 Å². The first-order valence-electron chi connectivity index (χ1n) is 7.05. The molecule has 2 heterocycles. The number of aromatic nitrogens is 2. The number of nitrogens with one attached hydrogen (secondary N) is 2. The molecule has 1 aliphatic heterocycles. The number of fused-ring (bicyclic) bond motifs is 2. The summed E-state index contributed by atoms with van der Waals surface area (Å²) in [6.45, 7) is 0.516. The third-order valence-electron chi connectivity index (χ3n) is 3.44. The van der Waals surface area contributed by atoms with E-state index in [0.717, 1.165) is 27.9 Å². The van der Waals surface area contributed by atoms with Gasteiger partial charge in [0.2, 0.25) is 5.95 Å². The minimum absolute atomic E-state index is 0.516. The van der Waals surface area contributed by atoms with Crippen LogP contribution in [0, 0.1) is 0 Å². The molecule has 3 aromatic rings. The zero-order valence-corrected chi connectivity index (χ0v) is 11.8. The van der Waals surface area contributed by atoms with Crippen molar-refractivity contribution in [2.24, 2.45) is 5.10 Å². The van der Waals surface area contributed by atoms with E-state index in [4.69, 9.17) is 4.74 Å². The highest BCUT2D eigenvalue weighted by Gasteiger charge is 2.08. The van der Waals surface area contributed by atoms with Gasteiger partial charge in [-0.2, -0.15) is 5.10 Å². The number of anilines is 1. The SMILES string of the molecule is C1=C(/C=N/Nc2nc3ccccc3[nH]2)COc2ccccc21. The largest absolute Gasteiger partial charge is 0.488 e. The molecule has 0 atom stereocenters. The number of nitrogens with zero attached hydrogens (tertiary/aromatic N) is 2. The summed E-state index contributed by atoms with van der Waals surface area (Å²) in [5.41, 5.74) is 6.87. The molecule has 0 fully saturated rings. The van der Waals surface area contributed by atoms with Crippen molar-refractivity contribution in [1.29, 1.82) is 0 Å². The van der Waals surface area contributed by atoms with Gasteiger partial charge in [0.1, 0.15) is 12.4 Å². The normalized spacial score (nSPS) is 13.7. The topological polar surface area (TPSA) is 62.3 Å². The van der Waals surface area contributed by atoms with Crippen LogP contribution >= 0.6 is 0 Å². The molecule has 0 radical (unpaired) electrons. The van der Waals surface area contributed by atoms with Gasteiger partial charge in [-0.05, 0) is 24.3 Å². The van der Waals surface area contributed by atoms with Gasteiger partial charge in [-0.15, -0.1) is 0 Å². The van der Waals surface area contributed by atoms with Gasteiger partial charge in [-0.1, -0.05) is 30.3 Å². The molecule has 0 aliphatic carbocycles. The first-order valence-corrected chi connectivity index (χ1v) is 7.05. The monoisotopic (exact) mass is 290 g/mol. The highest BCUT2D eigenvalue weighted by atomic mass is 16.5. The number of hydrazone groups is 1. The third-order valence-corrected chi connectivity index (χ3v) is 3.44. The summed E-state index contributed by atoms with van der Waals surface area (Å²) in [5.74, 6) is 1.53. The molecular weight excluding hydrogens is 276 g/mol. The van der Waals surface area contributed by atoms with Gasteiger partial charge in [-0.3, -0.25) is 0 Å². The van der Waals surface area contributed by atoms with Crippen LogP contribution in [0.4, 0.5) is 5.95 Å². The number of benzene rings is 2. The average molecular weight is 290 g/mol. The molecule has 0 amide bonds. The number of rotatable bonds is 3. The maximum absolute atomic E-state index is 5.68. The fraction of sp³-hybridized carbons (Fsp3) is 0.0588. The number of para-hydroxylation sites is 3. The van der Waals surface area contributed by atoms with Gasteiger partial charge in [0.25, 0.3) is 0 Å². The molecule has 4 rings (SSSR count). The van der Waals surface area contributed by atoms with E-state index in [-0.39, 0.29) is 0 Å². The van der Waals surface area contributed by atoms with Crippen molar-refractivity contribution in [2.45, 2.75) is 0 Å².